The summed E-state index contributed by atoms with van der Waals surface area (Å²) in [6.45, 7) is 8.61. The van der Waals surface area contributed by atoms with Crippen LogP contribution in [0.1, 0.15) is 39.7 Å². The van der Waals surface area contributed by atoms with Gasteiger partial charge in [0, 0.05) is 22.7 Å². The first-order chi connectivity index (χ1) is 7.03. The zero-order chi connectivity index (χ0) is 11.3. The van der Waals surface area contributed by atoms with E-state index in [0.29, 0.717) is 0 Å². The topological polar surface area (TPSA) is 25.2 Å². The quantitative estimate of drug-likeness (QED) is 0.575. The van der Waals surface area contributed by atoms with E-state index >= 15 is 0 Å². The average Bonchev–Trinajstić information content (AvgIpc) is 2.19. The van der Waals surface area contributed by atoms with Crippen LogP contribution in [0, 0.1) is 0 Å². The number of hydrogen-bond donors (Lipinski definition) is 0. The lowest BCUT2D eigenvalue weighted by atomic mass is 10.1. The van der Waals surface area contributed by atoms with Gasteiger partial charge in [-0.05, 0) is 45.2 Å². The predicted molar refractivity (Wildman–Crippen MR) is 68.4 cm³/mol. The fourth-order valence-corrected chi connectivity index (χ4v) is 1.67. The number of hydrogen-bond acceptors (Lipinski definition) is 3. The molecule has 0 unspecified atom stereocenters. The van der Waals surface area contributed by atoms with E-state index in [9.17, 15) is 0 Å². The van der Waals surface area contributed by atoms with Gasteiger partial charge in [0.2, 0.25) is 0 Å². The minimum Gasteiger partial charge on any atom is -0.264 e. The van der Waals surface area contributed by atoms with Gasteiger partial charge in [0.25, 0.3) is 0 Å². The fraction of sp³-hybridized carbons (Fsp3) is 0.500. The minimum atomic E-state index is 0.169. The summed E-state index contributed by atoms with van der Waals surface area (Å²) < 4.78 is 4.75. The van der Waals surface area contributed by atoms with Crippen molar-refractivity contribution in [1.82, 2.24) is 4.98 Å². The lowest BCUT2D eigenvalue weighted by Gasteiger charge is -2.14. The molecule has 1 aromatic rings. The van der Waals surface area contributed by atoms with Crippen molar-refractivity contribution in [2.24, 2.45) is 4.40 Å². The van der Waals surface area contributed by atoms with E-state index in [1.165, 1.54) is 0 Å². The third-order valence-electron chi connectivity index (χ3n) is 1.76. The number of aromatic nitrogens is 1. The Balaban J connectivity index is 2.81. The van der Waals surface area contributed by atoms with E-state index < -0.39 is 0 Å². The molecule has 0 aromatic carbocycles. The number of nitrogens with zero attached hydrogens (tertiary/aromatic N) is 2. The van der Waals surface area contributed by atoms with Crippen molar-refractivity contribution >= 4 is 17.7 Å². The van der Waals surface area contributed by atoms with Crippen molar-refractivity contribution < 1.29 is 0 Å². The molecule has 0 saturated heterocycles. The molecule has 0 aliphatic carbocycles. The molecular weight excluding hydrogens is 204 g/mol. The summed E-state index contributed by atoms with van der Waals surface area (Å²) in [6.07, 6.45) is 4.59. The van der Waals surface area contributed by atoms with E-state index in [0.717, 1.165) is 17.7 Å². The van der Waals surface area contributed by atoms with Crippen LogP contribution in [-0.4, -0.2) is 15.4 Å². The highest BCUT2D eigenvalue weighted by Crippen LogP contribution is 2.25. The lowest BCUT2D eigenvalue weighted by Crippen LogP contribution is -2.07. The van der Waals surface area contributed by atoms with Crippen LogP contribution in [-0.2, 0) is 0 Å². The van der Waals surface area contributed by atoms with Gasteiger partial charge in [-0.25, -0.2) is 4.40 Å². The highest BCUT2D eigenvalue weighted by molar-refractivity contribution is 7.99. The van der Waals surface area contributed by atoms with Crippen molar-refractivity contribution in [3.63, 3.8) is 0 Å². The zero-order valence-electron chi connectivity index (χ0n) is 9.82. The molecule has 1 aromatic heterocycles. The summed E-state index contributed by atoms with van der Waals surface area (Å²) in [5.74, 6) is 0. The average molecular weight is 222 g/mol. The van der Waals surface area contributed by atoms with Crippen molar-refractivity contribution in [2.45, 2.75) is 38.9 Å². The maximum Gasteiger partial charge on any atom is 0.0572 e. The minimum absolute atomic E-state index is 0.169. The number of pyridine rings is 1. The monoisotopic (exact) mass is 222 g/mol. The summed E-state index contributed by atoms with van der Waals surface area (Å²) in [5.41, 5.74) is 2.24. The Hall–Kier alpha value is -0.830. The Morgan fingerprint density at radius 2 is 2.20 bits per heavy atom. The van der Waals surface area contributed by atoms with Crippen LogP contribution >= 0.6 is 11.9 Å². The van der Waals surface area contributed by atoms with Crippen LogP contribution < -0.4 is 0 Å². The van der Waals surface area contributed by atoms with Crippen molar-refractivity contribution in [1.29, 1.82) is 0 Å². The van der Waals surface area contributed by atoms with Gasteiger partial charge in [0.05, 0.1) is 5.71 Å². The van der Waals surface area contributed by atoms with Crippen LogP contribution in [0.2, 0.25) is 0 Å². The molecule has 0 bridgehead atoms. The van der Waals surface area contributed by atoms with Gasteiger partial charge in [0.15, 0.2) is 0 Å². The third kappa shape index (κ3) is 4.47. The molecule has 0 atom stereocenters. The van der Waals surface area contributed by atoms with Gasteiger partial charge in [-0.1, -0.05) is 13.0 Å². The third-order valence-corrected chi connectivity index (χ3v) is 2.62. The van der Waals surface area contributed by atoms with E-state index in [1.54, 1.807) is 18.1 Å². The van der Waals surface area contributed by atoms with Gasteiger partial charge >= 0.3 is 0 Å². The first-order valence-electron chi connectivity index (χ1n) is 5.18. The predicted octanol–water partition coefficient (Wildman–Crippen LogP) is 3.73. The molecule has 1 rings (SSSR count). The Labute approximate surface area is 96.4 Å². The Kier molecular flexibility index (Phi) is 4.33. The molecule has 0 spiro atoms. The molecule has 15 heavy (non-hydrogen) atoms. The van der Waals surface area contributed by atoms with Gasteiger partial charge in [-0.15, -0.1) is 0 Å². The maximum absolute atomic E-state index is 4.58. The summed E-state index contributed by atoms with van der Waals surface area (Å²) in [6, 6.07) is 4.00. The molecular formula is C12H18N2S. The molecule has 0 aliphatic heterocycles. The van der Waals surface area contributed by atoms with Crippen LogP contribution in [0.3, 0.4) is 0 Å². The smallest absolute Gasteiger partial charge is 0.0572 e. The second-order valence-electron chi connectivity index (χ2n) is 4.34. The van der Waals surface area contributed by atoms with Gasteiger partial charge in [-0.2, -0.15) is 0 Å². The van der Waals surface area contributed by atoms with Crippen LogP contribution in [0.25, 0.3) is 0 Å². The van der Waals surface area contributed by atoms with Crippen molar-refractivity contribution in [3.8, 4) is 0 Å². The molecule has 82 valence electrons. The Morgan fingerprint density at radius 3 is 2.67 bits per heavy atom. The van der Waals surface area contributed by atoms with E-state index in [4.69, 9.17) is 0 Å². The Bertz CT molecular complexity index is 325. The van der Waals surface area contributed by atoms with E-state index in [1.807, 2.05) is 12.3 Å². The summed E-state index contributed by atoms with van der Waals surface area (Å²) in [5, 5.41) is 0. The lowest BCUT2D eigenvalue weighted by molar-refractivity contribution is 0.804. The van der Waals surface area contributed by atoms with Crippen molar-refractivity contribution in [2.75, 3.05) is 0 Å². The molecule has 0 radical (unpaired) electrons. The molecule has 2 nitrogen and oxygen atoms in total. The first-order valence-corrected chi connectivity index (χ1v) is 5.95. The second kappa shape index (κ2) is 5.31. The Morgan fingerprint density at radius 1 is 1.47 bits per heavy atom. The van der Waals surface area contributed by atoms with Gasteiger partial charge < -0.3 is 0 Å². The largest absolute Gasteiger partial charge is 0.264 e. The normalized spacial score (nSPS) is 12.9. The number of rotatable bonds is 3. The zero-order valence-corrected chi connectivity index (χ0v) is 10.6. The standard InChI is InChI=1S/C12H18N2S/c1-5-11(14-15-12(2,3)4)10-7-6-8-13-9-10/h6-9H,5H2,1-4H3/b14-11+. The second-order valence-corrected chi connectivity index (χ2v) is 5.93. The summed E-state index contributed by atoms with van der Waals surface area (Å²) >= 11 is 1.62. The first kappa shape index (κ1) is 12.2. The van der Waals surface area contributed by atoms with Crippen molar-refractivity contribution in [3.05, 3.63) is 30.1 Å². The van der Waals surface area contributed by atoms with Gasteiger partial charge in [0.1, 0.15) is 0 Å². The van der Waals surface area contributed by atoms with Gasteiger partial charge in [-0.3, -0.25) is 4.98 Å². The highest BCUT2D eigenvalue weighted by atomic mass is 32.2. The SMILES string of the molecule is CC/C(=N\SC(C)(C)C)c1cccnc1. The molecule has 0 saturated carbocycles. The molecule has 0 fully saturated rings. The fourth-order valence-electron chi connectivity index (χ4n) is 1.05. The summed E-state index contributed by atoms with van der Waals surface area (Å²) in [7, 11) is 0. The van der Waals surface area contributed by atoms with Crippen LogP contribution in [0.5, 0.6) is 0 Å². The molecule has 0 N–H and O–H groups in total. The van der Waals surface area contributed by atoms with Crippen LogP contribution in [0.4, 0.5) is 0 Å². The molecule has 0 amide bonds. The van der Waals surface area contributed by atoms with E-state index in [2.05, 4.69) is 43.1 Å². The van der Waals surface area contributed by atoms with Crippen LogP contribution in [0.15, 0.2) is 28.9 Å². The molecule has 0 aliphatic rings. The maximum atomic E-state index is 4.58. The molecule has 3 heteroatoms. The highest BCUT2D eigenvalue weighted by Gasteiger charge is 2.11. The summed E-state index contributed by atoms with van der Waals surface area (Å²) in [4.78, 5) is 4.11. The van der Waals surface area contributed by atoms with E-state index in [-0.39, 0.29) is 4.75 Å². The molecule has 1 heterocycles.